The molecule has 16 heavy (non-hydrogen) atoms. The Hall–Kier alpha value is -1.02. The molecule has 1 saturated heterocycles. The maximum absolute atomic E-state index is 6.04. The van der Waals surface area contributed by atoms with Crippen molar-refractivity contribution >= 4 is 5.69 Å². The Labute approximate surface area is 97.4 Å². The van der Waals surface area contributed by atoms with E-state index in [0.29, 0.717) is 0 Å². The molecule has 2 unspecified atom stereocenters. The minimum absolute atomic E-state index is 0.838. The summed E-state index contributed by atoms with van der Waals surface area (Å²) in [5, 5.41) is 0. The summed E-state index contributed by atoms with van der Waals surface area (Å²) < 4.78 is 0. The highest BCUT2D eigenvalue weighted by Gasteiger charge is 2.37. The van der Waals surface area contributed by atoms with Crippen LogP contribution in [0.2, 0.25) is 0 Å². The van der Waals surface area contributed by atoms with E-state index in [1.807, 2.05) is 6.07 Å². The topological polar surface area (TPSA) is 29.3 Å². The van der Waals surface area contributed by atoms with Crippen molar-refractivity contribution in [2.45, 2.75) is 38.8 Å². The van der Waals surface area contributed by atoms with Crippen LogP contribution in [0.25, 0.3) is 0 Å². The van der Waals surface area contributed by atoms with Gasteiger partial charge in [0.2, 0.25) is 0 Å². The van der Waals surface area contributed by atoms with Crippen molar-refractivity contribution in [1.82, 2.24) is 4.90 Å². The lowest BCUT2D eigenvalue weighted by atomic mass is 10.1. The summed E-state index contributed by atoms with van der Waals surface area (Å²) in [6, 6.07) is 7.21. The maximum atomic E-state index is 6.04. The molecule has 2 nitrogen and oxygen atoms in total. The number of piperidine rings is 1. The Morgan fingerprint density at radius 2 is 2.25 bits per heavy atom. The van der Waals surface area contributed by atoms with Crippen molar-refractivity contribution in [2.75, 3.05) is 12.3 Å². The SMILES string of the molecule is Cc1ccc(N)c(CN2CC3CCC2C3)c1. The van der Waals surface area contributed by atoms with E-state index in [1.165, 1.54) is 36.9 Å². The second-order valence-electron chi connectivity index (χ2n) is 5.46. The van der Waals surface area contributed by atoms with E-state index in [-0.39, 0.29) is 0 Å². The molecular weight excluding hydrogens is 196 g/mol. The van der Waals surface area contributed by atoms with E-state index in [2.05, 4.69) is 24.0 Å². The molecule has 2 atom stereocenters. The van der Waals surface area contributed by atoms with Crippen LogP contribution in [0.15, 0.2) is 18.2 Å². The van der Waals surface area contributed by atoms with Gasteiger partial charge < -0.3 is 5.73 Å². The second-order valence-corrected chi connectivity index (χ2v) is 5.46. The number of nitrogens with two attached hydrogens (primary N) is 1. The van der Waals surface area contributed by atoms with Crippen LogP contribution in [0.4, 0.5) is 5.69 Å². The molecule has 1 aliphatic heterocycles. The Bertz CT molecular complexity index is 400. The molecule has 2 aliphatic rings. The van der Waals surface area contributed by atoms with Crippen LogP contribution in [0, 0.1) is 12.8 Å². The summed E-state index contributed by atoms with van der Waals surface area (Å²) in [5.41, 5.74) is 9.62. The zero-order valence-corrected chi connectivity index (χ0v) is 9.95. The van der Waals surface area contributed by atoms with Crippen LogP contribution < -0.4 is 5.73 Å². The normalized spacial score (nSPS) is 28.8. The van der Waals surface area contributed by atoms with E-state index in [0.717, 1.165) is 24.2 Å². The number of anilines is 1. The van der Waals surface area contributed by atoms with Crippen LogP contribution >= 0.6 is 0 Å². The molecule has 2 heteroatoms. The van der Waals surface area contributed by atoms with Gasteiger partial charge in [-0.2, -0.15) is 0 Å². The van der Waals surface area contributed by atoms with Gasteiger partial charge in [-0.25, -0.2) is 0 Å². The third kappa shape index (κ3) is 1.71. The predicted molar refractivity (Wildman–Crippen MR) is 67.1 cm³/mol. The predicted octanol–water partition coefficient (Wildman–Crippen LogP) is 2.56. The van der Waals surface area contributed by atoms with E-state index in [4.69, 9.17) is 5.73 Å². The van der Waals surface area contributed by atoms with Crippen LogP contribution in [0.3, 0.4) is 0 Å². The second kappa shape index (κ2) is 3.77. The molecule has 3 rings (SSSR count). The van der Waals surface area contributed by atoms with Gasteiger partial charge in [-0.05, 0) is 43.7 Å². The molecule has 0 spiro atoms. The Balaban J connectivity index is 1.76. The van der Waals surface area contributed by atoms with E-state index in [9.17, 15) is 0 Å². The van der Waals surface area contributed by atoms with Crippen molar-refractivity contribution in [1.29, 1.82) is 0 Å². The minimum Gasteiger partial charge on any atom is -0.398 e. The lowest BCUT2D eigenvalue weighted by molar-refractivity contribution is 0.205. The van der Waals surface area contributed by atoms with Gasteiger partial charge in [-0.1, -0.05) is 17.7 Å². The lowest BCUT2D eigenvalue weighted by Gasteiger charge is -2.27. The first-order chi connectivity index (χ1) is 7.72. The van der Waals surface area contributed by atoms with E-state index in [1.54, 1.807) is 0 Å². The highest BCUT2D eigenvalue weighted by atomic mass is 15.2. The summed E-state index contributed by atoms with van der Waals surface area (Å²) in [5.74, 6) is 0.969. The molecule has 86 valence electrons. The fourth-order valence-electron chi connectivity index (χ4n) is 3.31. The van der Waals surface area contributed by atoms with E-state index < -0.39 is 0 Å². The first-order valence-electron chi connectivity index (χ1n) is 6.31. The van der Waals surface area contributed by atoms with Crippen molar-refractivity contribution in [3.63, 3.8) is 0 Å². The van der Waals surface area contributed by atoms with Crippen molar-refractivity contribution < 1.29 is 0 Å². The number of aryl methyl sites for hydroxylation is 1. The van der Waals surface area contributed by atoms with Gasteiger partial charge >= 0.3 is 0 Å². The summed E-state index contributed by atoms with van der Waals surface area (Å²) in [4.78, 5) is 2.62. The quantitative estimate of drug-likeness (QED) is 0.770. The van der Waals surface area contributed by atoms with Gasteiger partial charge in [0.1, 0.15) is 0 Å². The Morgan fingerprint density at radius 1 is 1.38 bits per heavy atom. The van der Waals surface area contributed by atoms with Gasteiger partial charge in [-0.3, -0.25) is 4.90 Å². The molecule has 1 aromatic carbocycles. The molecule has 1 aromatic rings. The zero-order valence-electron chi connectivity index (χ0n) is 9.95. The van der Waals surface area contributed by atoms with Gasteiger partial charge in [0.25, 0.3) is 0 Å². The summed E-state index contributed by atoms with van der Waals surface area (Å²) in [7, 11) is 0. The number of benzene rings is 1. The first-order valence-corrected chi connectivity index (χ1v) is 6.31. The molecule has 2 bridgehead atoms. The lowest BCUT2D eigenvalue weighted by Crippen LogP contribution is -2.31. The number of rotatable bonds is 2. The molecule has 1 heterocycles. The monoisotopic (exact) mass is 216 g/mol. The number of hydrogen-bond donors (Lipinski definition) is 1. The maximum Gasteiger partial charge on any atom is 0.0359 e. The van der Waals surface area contributed by atoms with Crippen molar-refractivity contribution in [3.8, 4) is 0 Å². The smallest absolute Gasteiger partial charge is 0.0359 e. The first kappa shape index (κ1) is 10.2. The molecule has 0 radical (unpaired) electrons. The average Bonchev–Trinajstić information content (AvgIpc) is 2.85. The third-order valence-electron chi connectivity index (χ3n) is 4.19. The number of hydrogen-bond acceptors (Lipinski definition) is 2. The number of likely N-dealkylation sites (tertiary alicyclic amines) is 1. The largest absolute Gasteiger partial charge is 0.398 e. The Kier molecular flexibility index (Phi) is 2.40. The number of nitrogen functional groups attached to an aromatic ring is 1. The summed E-state index contributed by atoms with van der Waals surface area (Å²) >= 11 is 0. The summed E-state index contributed by atoms with van der Waals surface area (Å²) in [6.07, 6.45) is 4.27. The summed E-state index contributed by atoms with van der Waals surface area (Å²) in [6.45, 7) is 4.48. The average molecular weight is 216 g/mol. The van der Waals surface area contributed by atoms with Crippen LogP contribution in [0.1, 0.15) is 30.4 Å². The number of fused-ring (bicyclic) bond motifs is 2. The van der Waals surface area contributed by atoms with Crippen LogP contribution in [-0.4, -0.2) is 17.5 Å². The highest BCUT2D eigenvalue weighted by molar-refractivity contribution is 5.48. The van der Waals surface area contributed by atoms with Crippen LogP contribution in [-0.2, 0) is 6.54 Å². The molecule has 1 aliphatic carbocycles. The molecule has 1 saturated carbocycles. The highest BCUT2D eigenvalue weighted by Crippen LogP contribution is 2.38. The van der Waals surface area contributed by atoms with Gasteiger partial charge in [0.05, 0.1) is 0 Å². The van der Waals surface area contributed by atoms with Crippen molar-refractivity contribution in [2.24, 2.45) is 5.92 Å². The van der Waals surface area contributed by atoms with Gasteiger partial charge in [0.15, 0.2) is 0 Å². The Morgan fingerprint density at radius 3 is 2.94 bits per heavy atom. The molecular formula is C14H20N2. The van der Waals surface area contributed by atoms with Gasteiger partial charge in [0, 0.05) is 24.8 Å². The third-order valence-corrected chi connectivity index (χ3v) is 4.19. The van der Waals surface area contributed by atoms with Crippen molar-refractivity contribution in [3.05, 3.63) is 29.3 Å². The number of nitrogens with zero attached hydrogens (tertiary/aromatic N) is 1. The van der Waals surface area contributed by atoms with Gasteiger partial charge in [-0.15, -0.1) is 0 Å². The molecule has 0 amide bonds. The minimum atomic E-state index is 0.838. The fourth-order valence-corrected chi connectivity index (χ4v) is 3.31. The molecule has 0 aromatic heterocycles. The molecule has 2 N–H and O–H groups in total. The zero-order chi connectivity index (χ0) is 11.1. The standard InChI is InChI=1S/C14H20N2/c1-10-2-5-14(15)12(6-10)9-16-8-11-3-4-13(16)7-11/h2,5-6,11,13H,3-4,7-9,15H2,1H3. The van der Waals surface area contributed by atoms with Crippen LogP contribution in [0.5, 0.6) is 0 Å². The fraction of sp³-hybridized carbons (Fsp3) is 0.571. The molecule has 2 fully saturated rings. The van der Waals surface area contributed by atoms with E-state index >= 15 is 0 Å².